The van der Waals surface area contributed by atoms with Crippen molar-refractivity contribution in [3.63, 3.8) is 0 Å². The Morgan fingerprint density at radius 2 is 1.21 bits per heavy atom. The Bertz CT molecular complexity index is 729. The summed E-state index contributed by atoms with van der Waals surface area (Å²) in [5, 5.41) is 25.5. The van der Waals surface area contributed by atoms with Crippen LogP contribution in [0.1, 0.15) is 46.0 Å². The normalized spacial score (nSPS) is 14.5. The fourth-order valence-corrected chi connectivity index (χ4v) is 2.69. The monoisotopic (exact) mass is 474 g/mol. The van der Waals surface area contributed by atoms with Crippen molar-refractivity contribution < 1.29 is 39.0 Å². The van der Waals surface area contributed by atoms with Gasteiger partial charge < -0.3 is 43.4 Å². The summed E-state index contributed by atoms with van der Waals surface area (Å²) in [6.45, 7) is 2.65. The van der Waals surface area contributed by atoms with Gasteiger partial charge in [-0.15, -0.1) is 0 Å². The first-order valence-electron chi connectivity index (χ1n) is 10.3. The van der Waals surface area contributed by atoms with Crippen LogP contribution < -0.4 is 33.2 Å². The minimum atomic E-state index is -1.52. The molecule has 0 aliphatic heterocycles. The number of rotatable bonds is 16. The van der Waals surface area contributed by atoms with Crippen LogP contribution in [0.2, 0.25) is 0 Å². The molecular weight excluding hydrogens is 440 g/mol. The van der Waals surface area contributed by atoms with Crippen LogP contribution in [0, 0.1) is 5.92 Å². The molecule has 0 bridgehead atoms. The van der Waals surface area contributed by atoms with Gasteiger partial charge in [-0.3, -0.25) is 24.0 Å². The minimum Gasteiger partial charge on any atom is -0.480 e. The van der Waals surface area contributed by atoms with Crippen LogP contribution >= 0.6 is 0 Å². The lowest BCUT2D eigenvalue weighted by molar-refractivity contribution is -0.143. The predicted octanol–water partition coefficient (Wildman–Crippen LogP) is -3.58. The molecule has 0 radical (unpaired) electrons. The summed E-state index contributed by atoms with van der Waals surface area (Å²) in [6, 6.07) is -5.29. The Morgan fingerprint density at radius 1 is 0.758 bits per heavy atom. The molecule has 0 fully saturated rings. The summed E-state index contributed by atoms with van der Waals surface area (Å²) in [4.78, 5) is 70.6. The number of amides is 5. The Kier molecular flexibility index (Phi) is 13.3. The maximum Gasteiger partial charge on any atom is 0.326 e. The van der Waals surface area contributed by atoms with E-state index >= 15 is 0 Å². The van der Waals surface area contributed by atoms with Gasteiger partial charge in [0.1, 0.15) is 18.1 Å². The highest BCUT2D eigenvalue weighted by Gasteiger charge is 2.30. The lowest BCUT2D eigenvalue weighted by Crippen LogP contribution is -2.58. The second-order valence-electron chi connectivity index (χ2n) is 7.95. The fraction of sp³-hybridized carbons (Fsp3) is 0.684. The molecule has 0 rings (SSSR count). The second kappa shape index (κ2) is 14.7. The second-order valence-corrected chi connectivity index (χ2v) is 7.95. The number of carbonyl (C=O) groups is 6. The average Bonchev–Trinajstić information content (AvgIpc) is 2.71. The smallest absolute Gasteiger partial charge is 0.326 e. The molecule has 5 amide bonds. The molecule has 33 heavy (non-hydrogen) atoms. The van der Waals surface area contributed by atoms with Gasteiger partial charge in [-0.2, -0.15) is 0 Å². The molecule has 11 N–H and O–H groups in total. The maximum atomic E-state index is 12.7. The Labute approximate surface area is 191 Å². The van der Waals surface area contributed by atoms with Crippen LogP contribution in [-0.4, -0.2) is 76.5 Å². The molecule has 0 aliphatic carbocycles. The number of carboxylic acids is 1. The van der Waals surface area contributed by atoms with Gasteiger partial charge >= 0.3 is 5.97 Å². The number of carbonyl (C=O) groups excluding carboxylic acids is 5. The number of carboxylic acid groups (broad SMARTS) is 1. The van der Waals surface area contributed by atoms with Crippen LogP contribution in [0.4, 0.5) is 0 Å². The van der Waals surface area contributed by atoms with E-state index in [1.54, 1.807) is 13.8 Å². The van der Waals surface area contributed by atoms with Crippen LogP contribution in [0.25, 0.3) is 0 Å². The van der Waals surface area contributed by atoms with Crippen molar-refractivity contribution >= 4 is 35.5 Å². The molecule has 0 aromatic rings. The van der Waals surface area contributed by atoms with Gasteiger partial charge in [0.2, 0.25) is 29.5 Å². The van der Waals surface area contributed by atoms with Gasteiger partial charge in [-0.25, -0.2) is 4.79 Å². The van der Waals surface area contributed by atoms with E-state index in [-0.39, 0.29) is 38.0 Å². The van der Waals surface area contributed by atoms with E-state index in [9.17, 15) is 39.0 Å². The van der Waals surface area contributed by atoms with E-state index < -0.39 is 66.3 Å². The van der Waals surface area contributed by atoms with E-state index in [1.807, 2.05) is 0 Å². The molecule has 0 aromatic heterocycles. The summed E-state index contributed by atoms with van der Waals surface area (Å²) in [6.07, 6.45) is -0.658. The molecule has 4 unspecified atom stereocenters. The van der Waals surface area contributed by atoms with Gasteiger partial charge in [0.15, 0.2) is 0 Å². The molecule has 188 valence electrons. The molecule has 0 spiro atoms. The molecule has 0 aromatic carbocycles. The van der Waals surface area contributed by atoms with Gasteiger partial charge in [-0.05, 0) is 25.2 Å². The van der Waals surface area contributed by atoms with Crippen LogP contribution in [0.15, 0.2) is 0 Å². The number of hydrogen-bond acceptors (Lipinski definition) is 8. The van der Waals surface area contributed by atoms with Gasteiger partial charge in [0.25, 0.3) is 0 Å². The van der Waals surface area contributed by atoms with Crippen molar-refractivity contribution in [2.75, 3.05) is 6.61 Å². The highest BCUT2D eigenvalue weighted by molar-refractivity contribution is 5.94. The molecule has 14 heteroatoms. The largest absolute Gasteiger partial charge is 0.480 e. The summed E-state index contributed by atoms with van der Waals surface area (Å²) in [5.74, 6) is -5.45. The number of aliphatic carboxylic acids is 1. The minimum absolute atomic E-state index is 0.0549. The Hall–Kier alpha value is -3.26. The Balaban J connectivity index is 5.29. The summed E-state index contributed by atoms with van der Waals surface area (Å²) < 4.78 is 0. The number of nitrogens with two attached hydrogens (primary N) is 3. The summed E-state index contributed by atoms with van der Waals surface area (Å²) in [7, 11) is 0. The average molecular weight is 475 g/mol. The zero-order valence-electron chi connectivity index (χ0n) is 18.7. The number of primary amides is 2. The highest BCUT2D eigenvalue weighted by atomic mass is 16.4. The first-order valence-corrected chi connectivity index (χ1v) is 10.3. The lowest BCUT2D eigenvalue weighted by Gasteiger charge is -2.24. The van der Waals surface area contributed by atoms with E-state index in [0.29, 0.717) is 0 Å². The van der Waals surface area contributed by atoms with Crippen molar-refractivity contribution in [2.45, 2.75) is 70.1 Å². The molecular formula is C19H34N6O8. The van der Waals surface area contributed by atoms with E-state index in [1.165, 1.54) is 0 Å². The fourth-order valence-electron chi connectivity index (χ4n) is 2.69. The third-order valence-electron chi connectivity index (χ3n) is 4.49. The standard InChI is InChI=1S/C19H34N6O8/c1-9(2)7-12(19(32)33)24-18(31)13(8-26)25-17(30)11(4-6-15(22)28)23-16(29)10(20)3-5-14(21)27/h9-13,26H,3-8,20H2,1-2H3,(H2,21,27)(H2,22,28)(H,23,29)(H,24,31)(H,25,30)(H,32,33). The van der Waals surface area contributed by atoms with Crippen molar-refractivity contribution in [3.8, 4) is 0 Å². The molecule has 0 saturated carbocycles. The van der Waals surface area contributed by atoms with Crippen molar-refractivity contribution in [3.05, 3.63) is 0 Å². The molecule has 4 atom stereocenters. The summed E-state index contributed by atoms with van der Waals surface area (Å²) >= 11 is 0. The van der Waals surface area contributed by atoms with Crippen LogP contribution in [0.3, 0.4) is 0 Å². The van der Waals surface area contributed by atoms with Gasteiger partial charge in [0.05, 0.1) is 12.6 Å². The van der Waals surface area contributed by atoms with E-state index in [4.69, 9.17) is 17.2 Å². The quantitative estimate of drug-likeness (QED) is 0.110. The third kappa shape index (κ3) is 12.4. The number of nitrogens with one attached hydrogen (secondary N) is 3. The Morgan fingerprint density at radius 3 is 1.67 bits per heavy atom. The summed E-state index contributed by atoms with van der Waals surface area (Å²) in [5.41, 5.74) is 15.8. The zero-order valence-corrected chi connectivity index (χ0v) is 18.7. The predicted molar refractivity (Wildman–Crippen MR) is 115 cm³/mol. The van der Waals surface area contributed by atoms with Gasteiger partial charge in [-0.1, -0.05) is 13.8 Å². The lowest BCUT2D eigenvalue weighted by atomic mass is 10.0. The SMILES string of the molecule is CC(C)CC(NC(=O)C(CO)NC(=O)C(CCC(N)=O)NC(=O)C(N)CCC(N)=O)C(=O)O. The molecule has 0 heterocycles. The number of aliphatic hydroxyl groups is 1. The maximum absolute atomic E-state index is 12.7. The molecule has 0 aliphatic rings. The van der Waals surface area contributed by atoms with Gasteiger partial charge in [0, 0.05) is 12.8 Å². The van der Waals surface area contributed by atoms with Crippen molar-refractivity contribution in [1.29, 1.82) is 0 Å². The zero-order chi connectivity index (χ0) is 25.7. The van der Waals surface area contributed by atoms with Crippen LogP contribution in [0.5, 0.6) is 0 Å². The third-order valence-corrected chi connectivity index (χ3v) is 4.49. The topological polar surface area (TPSA) is 257 Å². The first-order chi connectivity index (χ1) is 15.3. The number of hydrogen-bond donors (Lipinski definition) is 8. The molecule has 14 nitrogen and oxygen atoms in total. The van der Waals surface area contributed by atoms with Crippen molar-refractivity contribution in [2.24, 2.45) is 23.1 Å². The number of aliphatic hydroxyl groups excluding tert-OH is 1. The first kappa shape index (κ1) is 29.7. The van der Waals surface area contributed by atoms with E-state index in [0.717, 1.165) is 0 Å². The van der Waals surface area contributed by atoms with E-state index in [2.05, 4.69) is 16.0 Å². The molecule has 0 saturated heterocycles. The van der Waals surface area contributed by atoms with Crippen LogP contribution in [-0.2, 0) is 28.8 Å². The highest BCUT2D eigenvalue weighted by Crippen LogP contribution is 2.06. The van der Waals surface area contributed by atoms with Crippen molar-refractivity contribution in [1.82, 2.24) is 16.0 Å².